The quantitative estimate of drug-likeness (QED) is 0.893. The molecule has 0 aliphatic carbocycles. The van der Waals surface area contributed by atoms with E-state index in [1.165, 1.54) is 0 Å². The van der Waals surface area contributed by atoms with Crippen molar-refractivity contribution in [2.24, 2.45) is 11.1 Å². The molecule has 0 fully saturated rings. The molecule has 0 aromatic heterocycles. The number of methoxy groups -OCH3 is 1. The maximum Gasteiger partial charge on any atom is 0.225 e. The molecule has 0 saturated carbocycles. The van der Waals surface area contributed by atoms with Crippen molar-refractivity contribution < 1.29 is 9.53 Å². The zero-order chi connectivity index (χ0) is 14.6. The number of carbonyl (C=O) groups is 1. The number of nitrogens with two attached hydrogens (primary N) is 1. The topological polar surface area (TPSA) is 64.3 Å². The molecule has 1 atom stereocenters. The van der Waals surface area contributed by atoms with Crippen molar-refractivity contribution in [3.8, 4) is 5.75 Å². The summed E-state index contributed by atoms with van der Waals surface area (Å²) in [6, 6.07) is 4.91. The number of anilines is 1. The Morgan fingerprint density at radius 3 is 2.58 bits per heavy atom. The molecule has 0 spiro atoms. The maximum absolute atomic E-state index is 11.9. The highest BCUT2D eigenvalue weighted by Gasteiger charge is 2.23. The summed E-state index contributed by atoms with van der Waals surface area (Å²) in [6.45, 7) is 6.03. The van der Waals surface area contributed by atoms with E-state index in [2.05, 4.69) is 5.32 Å². The van der Waals surface area contributed by atoms with Gasteiger partial charge in [-0.05, 0) is 23.6 Å². The minimum absolute atomic E-state index is 0.102. The number of halogens is 1. The van der Waals surface area contributed by atoms with Crippen LogP contribution in [0.1, 0.15) is 27.2 Å². The standard InChI is InChI=1S/C14H21ClN2O2/c1-14(2,3)12(16)8-13(18)17-9-5-6-11(19-4)10(15)7-9/h5-7,12H,8,16H2,1-4H3,(H,17,18). The van der Waals surface area contributed by atoms with Gasteiger partial charge in [-0.25, -0.2) is 0 Å². The van der Waals surface area contributed by atoms with Crippen molar-refractivity contribution in [3.05, 3.63) is 23.2 Å². The van der Waals surface area contributed by atoms with Crippen LogP contribution in [0.4, 0.5) is 5.69 Å². The summed E-state index contributed by atoms with van der Waals surface area (Å²) in [5.41, 5.74) is 6.51. The van der Waals surface area contributed by atoms with Gasteiger partial charge in [0, 0.05) is 18.2 Å². The molecule has 0 aliphatic rings. The van der Waals surface area contributed by atoms with Crippen LogP contribution >= 0.6 is 11.6 Å². The van der Waals surface area contributed by atoms with Crippen LogP contribution in [0, 0.1) is 5.41 Å². The van der Waals surface area contributed by atoms with Gasteiger partial charge < -0.3 is 15.8 Å². The number of hydrogen-bond donors (Lipinski definition) is 2. The van der Waals surface area contributed by atoms with Crippen LogP contribution in [-0.4, -0.2) is 19.1 Å². The molecule has 1 amide bonds. The molecule has 106 valence electrons. The molecule has 0 heterocycles. The van der Waals surface area contributed by atoms with Gasteiger partial charge in [0.25, 0.3) is 0 Å². The van der Waals surface area contributed by atoms with Crippen molar-refractivity contribution in [3.63, 3.8) is 0 Å². The van der Waals surface area contributed by atoms with Gasteiger partial charge in [-0.15, -0.1) is 0 Å². The first-order valence-electron chi connectivity index (χ1n) is 6.13. The van der Waals surface area contributed by atoms with E-state index in [4.69, 9.17) is 22.1 Å². The van der Waals surface area contributed by atoms with E-state index in [1.54, 1.807) is 25.3 Å². The maximum atomic E-state index is 11.9. The number of nitrogens with one attached hydrogen (secondary N) is 1. The lowest BCUT2D eigenvalue weighted by molar-refractivity contribution is -0.117. The fraction of sp³-hybridized carbons (Fsp3) is 0.500. The van der Waals surface area contributed by atoms with Crippen molar-refractivity contribution in [1.82, 2.24) is 0 Å². The molecule has 0 saturated heterocycles. The average Bonchev–Trinajstić information content (AvgIpc) is 2.27. The van der Waals surface area contributed by atoms with E-state index in [0.29, 0.717) is 16.5 Å². The fourth-order valence-corrected chi connectivity index (χ4v) is 1.72. The molecule has 1 unspecified atom stereocenters. The van der Waals surface area contributed by atoms with Crippen LogP contribution in [-0.2, 0) is 4.79 Å². The molecular formula is C14H21ClN2O2. The van der Waals surface area contributed by atoms with Crippen LogP contribution in [0.3, 0.4) is 0 Å². The molecule has 1 rings (SSSR count). The second-order valence-corrected chi connectivity index (χ2v) is 5.98. The minimum Gasteiger partial charge on any atom is -0.495 e. The van der Waals surface area contributed by atoms with Gasteiger partial charge in [-0.3, -0.25) is 4.79 Å². The summed E-state index contributed by atoms with van der Waals surface area (Å²) < 4.78 is 5.05. The van der Waals surface area contributed by atoms with Gasteiger partial charge in [-0.1, -0.05) is 32.4 Å². The number of ether oxygens (including phenoxy) is 1. The predicted octanol–water partition coefficient (Wildman–Crippen LogP) is 3.05. The zero-order valence-corrected chi connectivity index (χ0v) is 12.5. The van der Waals surface area contributed by atoms with Crippen molar-refractivity contribution in [1.29, 1.82) is 0 Å². The SMILES string of the molecule is COc1ccc(NC(=O)CC(N)C(C)(C)C)cc1Cl. The van der Waals surface area contributed by atoms with Gasteiger partial charge in [0.1, 0.15) is 5.75 Å². The highest BCUT2D eigenvalue weighted by molar-refractivity contribution is 6.32. The Morgan fingerprint density at radius 2 is 2.11 bits per heavy atom. The van der Waals surface area contributed by atoms with Crippen molar-refractivity contribution in [2.45, 2.75) is 33.2 Å². The lowest BCUT2D eigenvalue weighted by atomic mass is 9.85. The van der Waals surface area contributed by atoms with Crippen LogP contribution < -0.4 is 15.8 Å². The molecule has 0 bridgehead atoms. The van der Waals surface area contributed by atoms with Gasteiger partial charge in [0.15, 0.2) is 0 Å². The Kier molecular flexibility index (Phi) is 5.20. The van der Waals surface area contributed by atoms with Crippen molar-refractivity contribution in [2.75, 3.05) is 12.4 Å². The summed E-state index contributed by atoms with van der Waals surface area (Å²) in [6.07, 6.45) is 0.271. The summed E-state index contributed by atoms with van der Waals surface area (Å²) in [4.78, 5) is 11.9. The normalized spacial score (nSPS) is 12.9. The van der Waals surface area contributed by atoms with E-state index in [1.807, 2.05) is 20.8 Å². The third kappa shape index (κ3) is 4.73. The monoisotopic (exact) mass is 284 g/mol. The second kappa shape index (κ2) is 6.26. The number of rotatable bonds is 4. The van der Waals surface area contributed by atoms with Crippen molar-refractivity contribution >= 4 is 23.2 Å². The van der Waals surface area contributed by atoms with Crippen LogP contribution in [0.2, 0.25) is 5.02 Å². The molecule has 1 aromatic carbocycles. The molecule has 19 heavy (non-hydrogen) atoms. The van der Waals surface area contributed by atoms with Gasteiger partial charge in [0.2, 0.25) is 5.91 Å². The first-order valence-corrected chi connectivity index (χ1v) is 6.51. The molecular weight excluding hydrogens is 264 g/mol. The largest absolute Gasteiger partial charge is 0.495 e. The lowest BCUT2D eigenvalue weighted by Gasteiger charge is -2.26. The molecule has 3 N–H and O–H groups in total. The van der Waals surface area contributed by atoms with E-state index < -0.39 is 0 Å². The Labute approximate surface area is 119 Å². The Balaban J connectivity index is 2.65. The van der Waals surface area contributed by atoms with E-state index in [0.717, 1.165) is 0 Å². The Morgan fingerprint density at radius 1 is 1.47 bits per heavy atom. The number of hydrogen-bond acceptors (Lipinski definition) is 3. The number of amides is 1. The molecule has 0 radical (unpaired) electrons. The van der Waals surface area contributed by atoms with Crippen LogP contribution in [0.5, 0.6) is 5.75 Å². The smallest absolute Gasteiger partial charge is 0.225 e. The first-order chi connectivity index (χ1) is 8.74. The predicted molar refractivity (Wildman–Crippen MR) is 78.7 cm³/mol. The van der Waals surface area contributed by atoms with Crippen LogP contribution in [0.25, 0.3) is 0 Å². The van der Waals surface area contributed by atoms with E-state index in [9.17, 15) is 4.79 Å². The van der Waals surface area contributed by atoms with Gasteiger partial charge >= 0.3 is 0 Å². The summed E-state index contributed by atoms with van der Waals surface area (Å²) in [5.74, 6) is 0.453. The molecule has 1 aromatic rings. The summed E-state index contributed by atoms with van der Waals surface area (Å²) >= 11 is 5.99. The fourth-order valence-electron chi connectivity index (χ4n) is 1.46. The van der Waals surface area contributed by atoms with Crippen LogP contribution in [0.15, 0.2) is 18.2 Å². The van der Waals surface area contributed by atoms with Gasteiger partial charge in [0.05, 0.1) is 12.1 Å². The van der Waals surface area contributed by atoms with E-state index >= 15 is 0 Å². The number of carbonyl (C=O) groups excluding carboxylic acids is 1. The minimum atomic E-state index is -0.193. The van der Waals surface area contributed by atoms with Gasteiger partial charge in [-0.2, -0.15) is 0 Å². The molecule has 5 heteroatoms. The Hall–Kier alpha value is -1.26. The number of benzene rings is 1. The summed E-state index contributed by atoms with van der Waals surface area (Å²) in [7, 11) is 1.54. The first kappa shape index (κ1) is 15.8. The average molecular weight is 285 g/mol. The molecule has 0 aliphatic heterocycles. The zero-order valence-electron chi connectivity index (χ0n) is 11.8. The third-order valence-electron chi connectivity index (χ3n) is 2.95. The second-order valence-electron chi connectivity index (χ2n) is 5.57. The highest BCUT2D eigenvalue weighted by atomic mass is 35.5. The van der Waals surface area contributed by atoms with E-state index in [-0.39, 0.29) is 23.8 Å². The third-order valence-corrected chi connectivity index (χ3v) is 3.25. The Bertz CT molecular complexity index is 455. The molecule has 4 nitrogen and oxygen atoms in total. The highest BCUT2D eigenvalue weighted by Crippen LogP contribution is 2.27. The lowest BCUT2D eigenvalue weighted by Crippen LogP contribution is -2.38. The summed E-state index contributed by atoms with van der Waals surface area (Å²) in [5, 5.41) is 3.24.